The maximum atomic E-state index is 9.03. The number of hydrogen-bond donors (Lipinski definition) is 2. The molecule has 1 aromatic carbocycles. The molecule has 110 valence electrons. The van der Waals surface area contributed by atoms with Crippen LogP contribution in [0.15, 0.2) is 24.4 Å². The normalized spacial score (nSPS) is 11.7. The van der Waals surface area contributed by atoms with Crippen molar-refractivity contribution in [3.05, 3.63) is 35.5 Å². The van der Waals surface area contributed by atoms with E-state index in [1.807, 2.05) is 0 Å². The van der Waals surface area contributed by atoms with E-state index in [0.29, 0.717) is 5.92 Å². The summed E-state index contributed by atoms with van der Waals surface area (Å²) in [7, 11) is 0. The molecule has 0 radical (unpaired) electrons. The maximum Gasteiger partial charge on any atom is 0.0483 e. The van der Waals surface area contributed by atoms with Crippen molar-refractivity contribution < 1.29 is 5.11 Å². The van der Waals surface area contributed by atoms with Gasteiger partial charge in [0, 0.05) is 30.3 Å². The van der Waals surface area contributed by atoms with Crippen molar-refractivity contribution in [2.45, 2.75) is 45.6 Å². The molecule has 2 aromatic rings. The summed E-state index contributed by atoms with van der Waals surface area (Å²) in [6, 6.07) is 6.75. The summed E-state index contributed by atoms with van der Waals surface area (Å²) in [4.78, 5) is 0. The van der Waals surface area contributed by atoms with E-state index in [9.17, 15) is 0 Å². The zero-order valence-corrected chi connectivity index (χ0v) is 12.6. The summed E-state index contributed by atoms with van der Waals surface area (Å²) >= 11 is 0. The van der Waals surface area contributed by atoms with Gasteiger partial charge in [0.05, 0.1) is 0 Å². The Kier molecular flexibility index (Phi) is 5.21. The molecule has 3 N–H and O–H groups in total. The molecule has 0 spiro atoms. The van der Waals surface area contributed by atoms with E-state index in [1.165, 1.54) is 22.0 Å². The average Bonchev–Trinajstić information content (AvgIpc) is 2.80. The molecule has 0 amide bonds. The zero-order chi connectivity index (χ0) is 14.5. The van der Waals surface area contributed by atoms with Crippen LogP contribution in [0, 0.1) is 0 Å². The van der Waals surface area contributed by atoms with Gasteiger partial charge < -0.3 is 15.4 Å². The van der Waals surface area contributed by atoms with Crippen LogP contribution in [0.3, 0.4) is 0 Å². The van der Waals surface area contributed by atoms with Crippen molar-refractivity contribution in [2.24, 2.45) is 5.73 Å². The van der Waals surface area contributed by atoms with Crippen molar-refractivity contribution >= 4 is 10.9 Å². The van der Waals surface area contributed by atoms with Crippen LogP contribution in [0.2, 0.25) is 0 Å². The molecule has 1 heterocycles. The molecule has 0 atom stereocenters. The number of aliphatic hydroxyl groups is 1. The molecule has 0 saturated carbocycles. The number of nitrogens with two attached hydrogens (primary N) is 1. The minimum Gasteiger partial charge on any atom is -0.396 e. The van der Waals surface area contributed by atoms with Gasteiger partial charge in [-0.1, -0.05) is 19.9 Å². The highest BCUT2D eigenvalue weighted by molar-refractivity contribution is 5.85. The van der Waals surface area contributed by atoms with E-state index in [-0.39, 0.29) is 6.61 Å². The highest BCUT2D eigenvalue weighted by atomic mass is 16.3. The van der Waals surface area contributed by atoms with Gasteiger partial charge in [-0.15, -0.1) is 0 Å². The van der Waals surface area contributed by atoms with E-state index in [4.69, 9.17) is 10.8 Å². The van der Waals surface area contributed by atoms with Gasteiger partial charge >= 0.3 is 0 Å². The van der Waals surface area contributed by atoms with Crippen molar-refractivity contribution in [1.82, 2.24) is 4.57 Å². The fourth-order valence-electron chi connectivity index (χ4n) is 2.67. The number of nitrogens with zero attached hydrogens (tertiary/aromatic N) is 1. The number of benzene rings is 1. The van der Waals surface area contributed by atoms with Crippen LogP contribution in [0.1, 0.15) is 43.7 Å². The summed E-state index contributed by atoms with van der Waals surface area (Å²) in [5, 5.41) is 10.4. The lowest BCUT2D eigenvalue weighted by Gasteiger charge is -2.07. The van der Waals surface area contributed by atoms with Gasteiger partial charge in [0.25, 0.3) is 0 Å². The Morgan fingerprint density at radius 1 is 1.25 bits per heavy atom. The first-order valence-corrected chi connectivity index (χ1v) is 7.60. The number of rotatable bonds is 7. The highest BCUT2D eigenvalue weighted by Crippen LogP contribution is 2.27. The van der Waals surface area contributed by atoms with Gasteiger partial charge in [0.2, 0.25) is 0 Å². The molecule has 0 bridgehead atoms. The van der Waals surface area contributed by atoms with E-state index < -0.39 is 0 Å². The first-order valence-electron chi connectivity index (χ1n) is 7.60. The molecule has 0 unspecified atom stereocenters. The summed E-state index contributed by atoms with van der Waals surface area (Å²) in [6.07, 6.45) is 5.08. The Balaban J connectivity index is 2.43. The van der Waals surface area contributed by atoms with Crippen molar-refractivity contribution in [1.29, 1.82) is 0 Å². The number of aliphatic hydroxyl groups excluding tert-OH is 1. The molecule has 0 aliphatic heterocycles. The SMILES string of the molecule is CC(C)c1ccc2c(c1)c(CCCN)cn2CCCO. The van der Waals surface area contributed by atoms with Crippen LogP contribution in [-0.2, 0) is 13.0 Å². The van der Waals surface area contributed by atoms with Gasteiger partial charge in [0.15, 0.2) is 0 Å². The molecule has 3 nitrogen and oxygen atoms in total. The summed E-state index contributed by atoms with van der Waals surface area (Å²) < 4.78 is 2.27. The van der Waals surface area contributed by atoms with Crippen molar-refractivity contribution in [2.75, 3.05) is 13.2 Å². The Bertz CT molecular complexity index is 557. The molecule has 0 aliphatic rings. The van der Waals surface area contributed by atoms with E-state index in [0.717, 1.165) is 32.4 Å². The highest BCUT2D eigenvalue weighted by Gasteiger charge is 2.10. The summed E-state index contributed by atoms with van der Waals surface area (Å²) in [5.41, 5.74) is 9.68. The second-order valence-electron chi connectivity index (χ2n) is 5.75. The molecule has 0 aliphatic carbocycles. The topological polar surface area (TPSA) is 51.2 Å². The number of aromatic nitrogens is 1. The third-order valence-corrected chi connectivity index (χ3v) is 3.86. The largest absolute Gasteiger partial charge is 0.396 e. The molecule has 20 heavy (non-hydrogen) atoms. The van der Waals surface area contributed by atoms with E-state index in [2.05, 4.69) is 42.8 Å². The predicted molar refractivity (Wildman–Crippen MR) is 85.1 cm³/mol. The monoisotopic (exact) mass is 274 g/mol. The smallest absolute Gasteiger partial charge is 0.0483 e. The summed E-state index contributed by atoms with van der Waals surface area (Å²) in [5.74, 6) is 0.544. The van der Waals surface area contributed by atoms with Crippen LogP contribution < -0.4 is 5.73 Å². The van der Waals surface area contributed by atoms with Gasteiger partial charge in [-0.2, -0.15) is 0 Å². The lowest BCUT2D eigenvalue weighted by Crippen LogP contribution is -2.00. The van der Waals surface area contributed by atoms with Crippen LogP contribution in [0.4, 0.5) is 0 Å². The first-order chi connectivity index (χ1) is 9.67. The Morgan fingerprint density at radius 3 is 2.70 bits per heavy atom. The molecule has 3 heteroatoms. The lowest BCUT2D eigenvalue weighted by molar-refractivity contribution is 0.280. The molecule has 0 saturated heterocycles. The van der Waals surface area contributed by atoms with Crippen LogP contribution in [0.5, 0.6) is 0 Å². The van der Waals surface area contributed by atoms with Crippen molar-refractivity contribution in [3.63, 3.8) is 0 Å². The second kappa shape index (κ2) is 6.91. The fraction of sp³-hybridized carbons (Fsp3) is 0.529. The maximum absolute atomic E-state index is 9.03. The molecule has 0 fully saturated rings. The zero-order valence-electron chi connectivity index (χ0n) is 12.6. The predicted octanol–water partition coefficient (Wildman–Crippen LogP) is 3.04. The standard InChI is InChI=1S/C17H26N2O/c1-13(2)14-6-7-17-16(11-14)15(5-3-8-18)12-19(17)9-4-10-20/h6-7,11-13,20H,3-5,8-10,18H2,1-2H3. The minimum absolute atomic E-state index is 0.238. The third-order valence-electron chi connectivity index (χ3n) is 3.86. The van der Waals surface area contributed by atoms with Crippen LogP contribution in [-0.4, -0.2) is 22.8 Å². The fourth-order valence-corrected chi connectivity index (χ4v) is 2.67. The van der Waals surface area contributed by atoms with E-state index >= 15 is 0 Å². The average molecular weight is 274 g/mol. The molecular formula is C17H26N2O. The number of hydrogen-bond acceptors (Lipinski definition) is 2. The third kappa shape index (κ3) is 3.22. The lowest BCUT2D eigenvalue weighted by atomic mass is 9.99. The van der Waals surface area contributed by atoms with Crippen LogP contribution >= 0.6 is 0 Å². The Labute approximate surface area is 121 Å². The van der Waals surface area contributed by atoms with Gasteiger partial charge in [0.1, 0.15) is 0 Å². The Hall–Kier alpha value is -1.32. The Morgan fingerprint density at radius 2 is 2.05 bits per heavy atom. The molecule has 2 rings (SSSR count). The molecular weight excluding hydrogens is 248 g/mol. The first kappa shape index (κ1) is 15.1. The van der Waals surface area contributed by atoms with Gasteiger partial charge in [-0.05, 0) is 55.0 Å². The number of fused-ring (bicyclic) bond motifs is 1. The minimum atomic E-state index is 0.238. The van der Waals surface area contributed by atoms with Crippen LogP contribution in [0.25, 0.3) is 10.9 Å². The van der Waals surface area contributed by atoms with Gasteiger partial charge in [-0.3, -0.25) is 0 Å². The summed E-state index contributed by atoms with van der Waals surface area (Å²) in [6.45, 7) is 6.29. The van der Waals surface area contributed by atoms with Gasteiger partial charge in [-0.25, -0.2) is 0 Å². The number of aryl methyl sites for hydroxylation is 2. The van der Waals surface area contributed by atoms with E-state index in [1.54, 1.807) is 0 Å². The second-order valence-corrected chi connectivity index (χ2v) is 5.75. The van der Waals surface area contributed by atoms with Crippen molar-refractivity contribution in [3.8, 4) is 0 Å². The molecule has 1 aromatic heterocycles. The quantitative estimate of drug-likeness (QED) is 0.815.